The van der Waals surface area contributed by atoms with Gasteiger partial charge >= 0.3 is 0 Å². The highest BCUT2D eigenvalue weighted by Gasteiger charge is 2.34. The van der Waals surface area contributed by atoms with E-state index in [1.165, 1.54) is 0 Å². The van der Waals surface area contributed by atoms with Gasteiger partial charge in [0.25, 0.3) is 0 Å². The normalized spacial score (nSPS) is 17.7. The molecule has 140 valence electrons. The van der Waals surface area contributed by atoms with Crippen molar-refractivity contribution in [2.45, 2.75) is 18.4 Å². The standard InChI is InChI=1S/C20H23N5OS/c1-22-11-15-9-14(12-23-18(15)21)16-4-3-13-10-17(27-19(13)24-16)20(26)5-7-25(2)8-6-20/h3-4,9-12,26H,5-8H2,1-2H3,(H2,21,23). The Bertz CT molecular complexity index is 1000. The van der Waals surface area contributed by atoms with Crippen molar-refractivity contribution in [3.63, 3.8) is 0 Å². The SMILES string of the molecule is CN=Cc1cc(-c2ccc3cc(C4(O)CCN(C)CC4)sc3n2)cnc1N. The maximum atomic E-state index is 11.1. The molecule has 1 aliphatic rings. The van der Waals surface area contributed by atoms with Crippen molar-refractivity contribution in [2.75, 3.05) is 32.9 Å². The summed E-state index contributed by atoms with van der Waals surface area (Å²) in [7, 11) is 3.80. The second-order valence-corrected chi connectivity index (χ2v) is 8.15. The highest BCUT2D eigenvalue weighted by atomic mass is 32.1. The van der Waals surface area contributed by atoms with Crippen LogP contribution in [0.4, 0.5) is 5.82 Å². The van der Waals surface area contributed by atoms with Crippen LogP contribution >= 0.6 is 11.3 Å². The number of nitrogens with zero attached hydrogens (tertiary/aromatic N) is 4. The highest BCUT2D eigenvalue weighted by Crippen LogP contribution is 2.39. The van der Waals surface area contributed by atoms with Gasteiger partial charge in [-0.3, -0.25) is 4.99 Å². The number of aliphatic imine (C=N–C) groups is 1. The summed E-state index contributed by atoms with van der Waals surface area (Å²) in [6.45, 7) is 1.81. The lowest BCUT2D eigenvalue weighted by molar-refractivity contribution is -0.0171. The zero-order chi connectivity index (χ0) is 19.0. The largest absolute Gasteiger partial charge is 0.384 e. The topological polar surface area (TPSA) is 87.6 Å². The number of hydrogen-bond acceptors (Lipinski definition) is 7. The number of likely N-dealkylation sites (tertiary alicyclic amines) is 1. The van der Waals surface area contributed by atoms with Crippen molar-refractivity contribution in [3.8, 4) is 11.3 Å². The van der Waals surface area contributed by atoms with E-state index in [4.69, 9.17) is 10.7 Å². The number of thiophene rings is 1. The number of aliphatic hydroxyl groups is 1. The van der Waals surface area contributed by atoms with Crippen LogP contribution in [0.3, 0.4) is 0 Å². The van der Waals surface area contributed by atoms with Crippen molar-refractivity contribution in [3.05, 3.63) is 40.9 Å². The summed E-state index contributed by atoms with van der Waals surface area (Å²) in [5.74, 6) is 0.452. The maximum Gasteiger partial charge on any atom is 0.132 e. The lowest BCUT2D eigenvalue weighted by Gasteiger charge is -2.35. The predicted octanol–water partition coefficient (Wildman–Crippen LogP) is 2.90. The Labute approximate surface area is 162 Å². The van der Waals surface area contributed by atoms with Crippen LogP contribution in [0, 0.1) is 0 Å². The first-order valence-electron chi connectivity index (χ1n) is 8.98. The summed E-state index contributed by atoms with van der Waals surface area (Å²) in [6, 6.07) is 8.07. The molecule has 0 amide bonds. The summed E-state index contributed by atoms with van der Waals surface area (Å²) < 4.78 is 0. The Balaban J connectivity index is 1.70. The Morgan fingerprint density at radius 3 is 2.81 bits per heavy atom. The fourth-order valence-electron chi connectivity index (χ4n) is 3.42. The summed E-state index contributed by atoms with van der Waals surface area (Å²) in [5.41, 5.74) is 7.67. The molecule has 6 nitrogen and oxygen atoms in total. The molecule has 0 atom stereocenters. The fourth-order valence-corrected chi connectivity index (χ4v) is 4.59. The predicted molar refractivity (Wildman–Crippen MR) is 111 cm³/mol. The summed E-state index contributed by atoms with van der Waals surface area (Å²) in [6.07, 6.45) is 4.94. The molecule has 0 bridgehead atoms. The fraction of sp³-hybridized carbons (Fsp3) is 0.350. The molecule has 3 aromatic rings. The van der Waals surface area contributed by atoms with Crippen LogP contribution in [0.15, 0.2) is 35.5 Å². The van der Waals surface area contributed by atoms with Gasteiger partial charge in [0.1, 0.15) is 16.2 Å². The summed E-state index contributed by atoms with van der Waals surface area (Å²) >= 11 is 1.58. The zero-order valence-corrected chi connectivity index (χ0v) is 16.3. The summed E-state index contributed by atoms with van der Waals surface area (Å²) in [5, 5.41) is 12.2. The molecule has 27 heavy (non-hydrogen) atoms. The van der Waals surface area contributed by atoms with Crippen molar-refractivity contribution >= 4 is 33.6 Å². The van der Waals surface area contributed by atoms with Crippen molar-refractivity contribution in [1.29, 1.82) is 0 Å². The number of fused-ring (bicyclic) bond motifs is 1. The minimum absolute atomic E-state index is 0.452. The van der Waals surface area contributed by atoms with Gasteiger partial charge in [0.05, 0.1) is 5.69 Å². The first kappa shape index (κ1) is 18.0. The van der Waals surface area contributed by atoms with E-state index < -0.39 is 5.60 Å². The van der Waals surface area contributed by atoms with Gasteiger partial charge < -0.3 is 15.7 Å². The molecule has 3 aromatic heterocycles. The maximum absolute atomic E-state index is 11.1. The van der Waals surface area contributed by atoms with E-state index in [0.717, 1.165) is 57.8 Å². The van der Waals surface area contributed by atoms with Crippen LogP contribution < -0.4 is 5.73 Å². The van der Waals surface area contributed by atoms with Crippen molar-refractivity contribution < 1.29 is 5.11 Å². The third kappa shape index (κ3) is 3.45. The number of nitrogens with two attached hydrogens (primary N) is 1. The molecule has 4 heterocycles. The summed E-state index contributed by atoms with van der Waals surface area (Å²) in [4.78, 5) is 17.3. The van der Waals surface area contributed by atoms with Gasteiger partial charge in [0.15, 0.2) is 0 Å². The number of pyridine rings is 2. The molecule has 1 fully saturated rings. The molecule has 0 saturated carbocycles. The number of anilines is 1. The molecule has 7 heteroatoms. The third-order valence-electron chi connectivity index (χ3n) is 5.17. The molecular formula is C20H23N5OS. The minimum atomic E-state index is -0.744. The monoisotopic (exact) mass is 381 g/mol. The zero-order valence-electron chi connectivity index (χ0n) is 15.5. The molecule has 0 unspecified atom stereocenters. The second kappa shape index (κ2) is 6.99. The van der Waals surface area contributed by atoms with Gasteiger partial charge in [-0.05, 0) is 44.2 Å². The molecule has 0 aromatic carbocycles. The molecule has 1 saturated heterocycles. The Hall–Kier alpha value is -2.35. The number of piperidine rings is 1. The van der Waals surface area contributed by atoms with Gasteiger partial charge in [-0.1, -0.05) is 0 Å². The quantitative estimate of drug-likeness (QED) is 0.681. The van der Waals surface area contributed by atoms with Crippen LogP contribution in [-0.2, 0) is 5.60 Å². The Morgan fingerprint density at radius 2 is 2.07 bits per heavy atom. The average Bonchev–Trinajstić information content (AvgIpc) is 3.10. The molecular weight excluding hydrogens is 358 g/mol. The highest BCUT2D eigenvalue weighted by molar-refractivity contribution is 7.18. The number of hydrogen-bond donors (Lipinski definition) is 2. The van der Waals surface area contributed by atoms with Gasteiger partial charge in [-0.25, -0.2) is 9.97 Å². The van der Waals surface area contributed by atoms with E-state index in [1.807, 2.05) is 12.1 Å². The smallest absolute Gasteiger partial charge is 0.132 e. The minimum Gasteiger partial charge on any atom is -0.384 e. The van der Waals surface area contributed by atoms with Gasteiger partial charge in [-0.15, -0.1) is 11.3 Å². The van der Waals surface area contributed by atoms with Crippen LogP contribution in [0.2, 0.25) is 0 Å². The molecule has 1 aliphatic heterocycles. The van der Waals surface area contributed by atoms with Crippen molar-refractivity contribution in [2.24, 2.45) is 4.99 Å². The van der Waals surface area contributed by atoms with Crippen LogP contribution in [0.5, 0.6) is 0 Å². The number of nitrogen functional groups attached to an aromatic ring is 1. The van der Waals surface area contributed by atoms with E-state index >= 15 is 0 Å². The van der Waals surface area contributed by atoms with E-state index in [0.29, 0.717) is 5.82 Å². The molecule has 0 aliphatic carbocycles. The van der Waals surface area contributed by atoms with Gasteiger partial charge in [0, 0.05) is 53.9 Å². The third-order valence-corrected chi connectivity index (χ3v) is 6.41. The first-order valence-corrected chi connectivity index (χ1v) is 9.80. The van der Waals surface area contributed by atoms with E-state index in [2.05, 4.69) is 34.1 Å². The van der Waals surface area contributed by atoms with Gasteiger partial charge in [0.2, 0.25) is 0 Å². The first-order chi connectivity index (χ1) is 13.0. The van der Waals surface area contributed by atoms with E-state index in [9.17, 15) is 5.11 Å². The average molecular weight is 382 g/mol. The molecule has 4 rings (SSSR count). The number of rotatable bonds is 3. The van der Waals surface area contributed by atoms with E-state index in [1.54, 1.807) is 30.8 Å². The van der Waals surface area contributed by atoms with Crippen LogP contribution in [0.25, 0.3) is 21.5 Å². The molecule has 0 radical (unpaired) electrons. The number of aromatic nitrogens is 2. The van der Waals surface area contributed by atoms with Crippen LogP contribution in [-0.4, -0.2) is 53.4 Å². The molecule has 0 spiro atoms. The van der Waals surface area contributed by atoms with E-state index in [-0.39, 0.29) is 0 Å². The Morgan fingerprint density at radius 1 is 1.30 bits per heavy atom. The lowest BCUT2D eigenvalue weighted by atomic mass is 9.90. The van der Waals surface area contributed by atoms with Crippen LogP contribution in [0.1, 0.15) is 23.3 Å². The van der Waals surface area contributed by atoms with Crippen molar-refractivity contribution in [1.82, 2.24) is 14.9 Å². The Kier molecular flexibility index (Phi) is 4.67. The molecule has 3 N–H and O–H groups in total. The van der Waals surface area contributed by atoms with Gasteiger partial charge in [-0.2, -0.15) is 0 Å². The lowest BCUT2D eigenvalue weighted by Crippen LogP contribution is -2.40. The second-order valence-electron chi connectivity index (χ2n) is 7.12.